The molecule has 2 aromatic rings. The minimum atomic E-state index is -3.59. The molecule has 3 rings (SSSR count). The van der Waals surface area contributed by atoms with Crippen molar-refractivity contribution >= 4 is 16.0 Å². The van der Waals surface area contributed by atoms with Crippen LogP contribution in [-0.4, -0.2) is 51.6 Å². The largest absolute Gasteiger partial charge is 0.494 e. The van der Waals surface area contributed by atoms with Gasteiger partial charge in [0, 0.05) is 13.1 Å². The van der Waals surface area contributed by atoms with Crippen LogP contribution >= 0.6 is 0 Å². The fourth-order valence-corrected chi connectivity index (χ4v) is 4.10. The molecule has 0 saturated carbocycles. The summed E-state index contributed by atoms with van der Waals surface area (Å²) in [5.74, 6) is 0.538. The fourth-order valence-electron chi connectivity index (χ4n) is 2.69. The minimum Gasteiger partial charge on any atom is -0.494 e. The molecule has 0 amide bonds. The highest BCUT2D eigenvalue weighted by Crippen LogP contribution is 2.21. The standard InChI is InChI=1S/C20H23NO6S/c1-2-13-26-17-5-7-18(8-6-17)27-20(22)16-3-9-19(10-4-16)28(23,24)21-11-14-25-15-12-21/h3-10H,2,11-15H2,1H3. The molecule has 1 aliphatic rings. The smallest absolute Gasteiger partial charge is 0.343 e. The molecular formula is C20H23NO6S. The Morgan fingerprint density at radius 3 is 2.21 bits per heavy atom. The van der Waals surface area contributed by atoms with Gasteiger partial charge in [-0.15, -0.1) is 0 Å². The van der Waals surface area contributed by atoms with Crippen molar-refractivity contribution in [2.45, 2.75) is 18.2 Å². The fraction of sp³-hybridized carbons (Fsp3) is 0.350. The van der Waals surface area contributed by atoms with Gasteiger partial charge in [0.05, 0.1) is 30.3 Å². The van der Waals surface area contributed by atoms with E-state index in [0.717, 1.165) is 6.42 Å². The van der Waals surface area contributed by atoms with Crippen molar-refractivity contribution in [3.05, 3.63) is 54.1 Å². The third-order valence-corrected chi connectivity index (χ3v) is 6.12. The molecule has 1 saturated heterocycles. The second-order valence-corrected chi connectivity index (χ2v) is 8.19. The van der Waals surface area contributed by atoms with E-state index in [0.29, 0.717) is 44.4 Å². The maximum atomic E-state index is 12.6. The Balaban J connectivity index is 1.65. The first-order valence-corrected chi connectivity index (χ1v) is 10.6. The molecule has 0 unspecified atom stereocenters. The number of carbonyl (C=O) groups is 1. The molecule has 7 nitrogen and oxygen atoms in total. The van der Waals surface area contributed by atoms with E-state index in [2.05, 4.69) is 0 Å². The van der Waals surface area contributed by atoms with E-state index in [9.17, 15) is 13.2 Å². The summed E-state index contributed by atoms with van der Waals surface area (Å²) < 4.78 is 42.6. The summed E-state index contributed by atoms with van der Waals surface area (Å²) in [4.78, 5) is 12.4. The third-order valence-electron chi connectivity index (χ3n) is 4.20. The van der Waals surface area contributed by atoms with E-state index >= 15 is 0 Å². The molecule has 2 aromatic carbocycles. The Bertz CT molecular complexity index is 887. The number of ether oxygens (including phenoxy) is 3. The van der Waals surface area contributed by atoms with Crippen molar-refractivity contribution < 1.29 is 27.4 Å². The normalized spacial score (nSPS) is 15.2. The van der Waals surface area contributed by atoms with Crippen LogP contribution < -0.4 is 9.47 Å². The molecular weight excluding hydrogens is 382 g/mol. The molecule has 8 heteroatoms. The zero-order chi connectivity index (χ0) is 20.0. The van der Waals surface area contributed by atoms with Gasteiger partial charge in [0.25, 0.3) is 0 Å². The van der Waals surface area contributed by atoms with E-state index in [1.165, 1.54) is 28.6 Å². The molecule has 0 atom stereocenters. The zero-order valence-electron chi connectivity index (χ0n) is 15.7. The molecule has 0 radical (unpaired) electrons. The molecule has 0 N–H and O–H groups in total. The second-order valence-electron chi connectivity index (χ2n) is 6.25. The predicted molar refractivity (Wildman–Crippen MR) is 103 cm³/mol. The molecule has 150 valence electrons. The van der Waals surface area contributed by atoms with E-state index in [1.54, 1.807) is 24.3 Å². The van der Waals surface area contributed by atoms with Crippen LogP contribution in [0.5, 0.6) is 11.5 Å². The van der Waals surface area contributed by atoms with Crippen LogP contribution in [0, 0.1) is 0 Å². The van der Waals surface area contributed by atoms with Gasteiger partial charge in [0.1, 0.15) is 11.5 Å². The average Bonchev–Trinajstić information content (AvgIpc) is 2.74. The van der Waals surface area contributed by atoms with Crippen LogP contribution in [0.25, 0.3) is 0 Å². The average molecular weight is 405 g/mol. The van der Waals surface area contributed by atoms with Gasteiger partial charge < -0.3 is 14.2 Å². The first-order chi connectivity index (χ1) is 13.5. The maximum Gasteiger partial charge on any atom is 0.343 e. The quantitative estimate of drug-likeness (QED) is 0.520. The number of hydrogen-bond donors (Lipinski definition) is 0. The first-order valence-electron chi connectivity index (χ1n) is 9.13. The molecule has 1 heterocycles. The van der Waals surface area contributed by atoms with Crippen molar-refractivity contribution in [3.8, 4) is 11.5 Å². The number of morpholine rings is 1. The van der Waals surface area contributed by atoms with Crippen molar-refractivity contribution in [3.63, 3.8) is 0 Å². The Hall–Kier alpha value is -2.42. The van der Waals surface area contributed by atoms with Gasteiger partial charge in [-0.1, -0.05) is 6.92 Å². The Morgan fingerprint density at radius 1 is 1.00 bits per heavy atom. The molecule has 28 heavy (non-hydrogen) atoms. The van der Waals surface area contributed by atoms with Crippen LogP contribution in [0.1, 0.15) is 23.7 Å². The summed E-state index contributed by atoms with van der Waals surface area (Å²) in [5, 5.41) is 0. The second kappa shape index (κ2) is 9.18. The molecule has 1 fully saturated rings. The number of nitrogens with zero attached hydrogens (tertiary/aromatic N) is 1. The summed E-state index contributed by atoms with van der Waals surface area (Å²) in [5.41, 5.74) is 0.271. The highest BCUT2D eigenvalue weighted by molar-refractivity contribution is 7.89. The molecule has 0 bridgehead atoms. The van der Waals surface area contributed by atoms with Gasteiger partial charge in [-0.2, -0.15) is 4.31 Å². The zero-order valence-corrected chi connectivity index (χ0v) is 16.5. The third kappa shape index (κ3) is 4.89. The Kier molecular flexibility index (Phi) is 6.66. The number of sulfonamides is 1. The summed E-state index contributed by atoms with van der Waals surface area (Å²) >= 11 is 0. The monoisotopic (exact) mass is 405 g/mol. The van der Waals surface area contributed by atoms with Crippen molar-refractivity contribution in [2.24, 2.45) is 0 Å². The van der Waals surface area contributed by atoms with Crippen LogP contribution in [0.3, 0.4) is 0 Å². The van der Waals surface area contributed by atoms with Crippen molar-refractivity contribution in [1.82, 2.24) is 4.31 Å². The predicted octanol–water partition coefficient (Wildman–Crippen LogP) is 2.72. The lowest BCUT2D eigenvalue weighted by molar-refractivity contribution is 0.0730. The number of esters is 1. The molecule has 0 aliphatic carbocycles. The van der Waals surface area contributed by atoms with E-state index in [-0.39, 0.29) is 10.5 Å². The number of rotatable bonds is 7. The number of hydrogen-bond acceptors (Lipinski definition) is 6. The lowest BCUT2D eigenvalue weighted by atomic mass is 10.2. The highest BCUT2D eigenvalue weighted by atomic mass is 32.2. The first kappa shape index (κ1) is 20.3. The van der Waals surface area contributed by atoms with Gasteiger partial charge in [0.15, 0.2) is 0 Å². The van der Waals surface area contributed by atoms with Gasteiger partial charge in [-0.3, -0.25) is 0 Å². The summed E-state index contributed by atoms with van der Waals surface area (Å²) in [6.45, 7) is 4.05. The van der Waals surface area contributed by atoms with Crippen molar-refractivity contribution in [2.75, 3.05) is 32.9 Å². The van der Waals surface area contributed by atoms with Gasteiger partial charge >= 0.3 is 5.97 Å². The number of benzene rings is 2. The molecule has 0 aromatic heterocycles. The highest BCUT2D eigenvalue weighted by Gasteiger charge is 2.26. The van der Waals surface area contributed by atoms with Gasteiger partial charge in [-0.05, 0) is 55.0 Å². The van der Waals surface area contributed by atoms with Crippen molar-refractivity contribution in [1.29, 1.82) is 0 Å². The van der Waals surface area contributed by atoms with Gasteiger partial charge in [0.2, 0.25) is 10.0 Å². The van der Waals surface area contributed by atoms with E-state index in [4.69, 9.17) is 14.2 Å². The number of carbonyl (C=O) groups excluding carboxylic acids is 1. The lowest BCUT2D eigenvalue weighted by Gasteiger charge is -2.26. The topological polar surface area (TPSA) is 82.1 Å². The van der Waals surface area contributed by atoms with E-state index < -0.39 is 16.0 Å². The van der Waals surface area contributed by atoms with Crippen LogP contribution in [0.15, 0.2) is 53.4 Å². The SMILES string of the molecule is CCCOc1ccc(OC(=O)c2ccc(S(=O)(=O)N3CCOCC3)cc2)cc1. The van der Waals surface area contributed by atoms with Crippen LogP contribution in [-0.2, 0) is 14.8 Å². The van der Waals surface area contributed by atoms with Crippen LogP contribution in [0.4, 0.5) is 0 Å². The minimum absolute atomic E-state index is 0.142. The molecule has 0 spiro atoms. The van der Waals surface area contributed by atoms with Crippen LogP contribution in [0.2, 0.25) is 0 Å². The van der Waals surface area contributed by atoms with E-state index in [1.807, 2.05) is 6.92 Å². The summed E-state index contributed by atoms with van der Waals surface area (Å²) in [7, 11) is -3.59. The summed E-state index contributed by atoms with van der Waals surface area (Å²) in [6, 6.07) is 12.5. The maximum absolute atomic E-state index is 12.6. The van der Waals surface area contributed by atoms with Gasteiger partial charge in [-0.25, -0.2) is 13.2 Å². The summed E-state index contributed by atoms with van der Waals surface area (Å²) in [6.07, 6.45) is 0.911. The Labute approximate surface area is 164 Å². The lowest BCUT2D eigenvalue weighted by Crippen LogP contribution is -2.40. The Morgan fingerprint density at radius 2 is 1.61 bits per heavy atom. The molecule has 1 aliphatic heterocycles.